The van der Waals surface area contributed by atoms with Crippen LogP contribution in [-0.4, -0.2) is 23.6 Å². The molecule has 5 heteroatoms. The smallest absolute Gasteiger partial charge is 0.131 e. The molecule has 0 spiro atoms. The summed E-state index contributed by atoms with van der Waals surface area (Å²) in [7, 11) is 1.68. The van der Waals surface area contributed by atoms with Gasteiger partial charge in [0.25, 0.3) is 0 Å². The number of hydrogen-bond acceptors (Lipinski definition) is 5. The molecule has 0 atom stereocenters. The first-order valence-electron chi connectivity index (χ1n) is 8.71. The summed E-state index contributed by atoms with van der Waals surface area (Å²) in [6.07, 6.45) is 2.47. The van der Waals surface area contributed by atoms with Crippen molar-refractivity contribution in [2.24, 2.45) is 0 Å². The van der Waals surface area contributed by atoms with Gasteiger partial charge >= 0.3 is 0 Å². The number of benzene rings is 2. The van der Waals surface area contributed by atoms with Gasteiger partial charge in [0.05, 0.1) is 7.11 Å². The Labute approximate surface area is 154 Å². The Morgan fingerprint density at radius 2 is 1.65 bits per heavy atom. The highest BCUT2D eigenvalue weighted by atomic mass is 16.5. The lowest BCUT2D eigenvalue weighted by atomic mass is 10.1. The number of aryl methyl sites for hydroxylation is 1. The Balaban J connectivity index is 1.51. The van der Waals surface area contributed by atoms with Gasteiger partial charge in [-0.25, -0.2) is 9.97 Å². The van der Waals surface area contributed by atoms with E-state index in [4.69, 9.17) is 4.74 Å². The lowest BCUT2D eigenvalue weighted by Gasteiger charge is -2.09. The number of ether oxygens (including phenoxy) is 1. The van der Waals surface area contributed by atoms with Crippen molar-refractivity contribution in [2.75, 3.05) is 24.3 Å². The lowest BCUT2D eigenvalue weighted by molar-refractivity contribution is 0.414. The van der Waals surface area contributed by atoms with Gasteiger partial charge in [-0.1, -0.05) is 42.0 Å². The Hall–Kier alpha value is -3.08. The number of hydrogen-bond donors (Lipinski definition) is 2. The predicted octanol–water partition coefficient (Wildman–Crippen LogP) is 4.06. The summed E-state index contributed by atoms with van der Waals surface area (Å²) in [5.74, 6) is 2.51. The second-order valence-electron chi connectivity index (χ2n) is 6.16. The topological polar surface area (TPSA) is 59.1 Å². The van der Waals surface area contributed by atoms with E-state index in [2.05, 4.69) is 63.9 Å². The van der Waals surface area contributed by atoms with Crippen LogP contribution >= 0.6 is 0 Å². The summed E-state index contributed by atoms with van der Waals surface area (Å²) in [4.78, 5) is 8.57. The number of nitrogens with zero attached hydrogens (tertiary/aromatic N) is 2. The molecule has 0 radical (unpaired) electrons. The first kappa shape index (κ1) is 17.7. The molecule has 26 heavy (non-hydrogen) atoms. The molecule has 0 fully saturated rings. The van der Waals surface area contributed by atoms with Crippen LogP contribution in [0.15, 0.2) is 60.9 Å². The van der Waals surface area contributed by atoms with E-state index in [-0.39, 0.29) is 0 Å². The van der Waals surface area contributed by atoms with Crippen LogP contribution in [0.4, 0.5) is 11.6 Å². The van der Waals surface area contributed by atoms with Crippen LogP contribution < -0.4 is 15.4 Å². The summed E-state index contributed by atoms with van der Waals surface area (Å²) in [5.41, 5.74) is 3.71. The first-order chi connectivity index (χ1) is 12.7. The van der Waals surface area contributed by atoms with E-state index < -0.39 is 0 Å². The predicted molar refractivity (Wildman–Crippen MR) is 106 cm³/mol. The highest BCUT2D eigenvalue weighted by Crippen LogP contribution is 2.14. The van der Waals surface area contributed by atoms with Crippen LogP contribution in [0.3, 0.4) is 0 Å². The van der Waals surface area contributed by atoms with Crippen molar-refractivity contribution in [2.45, 2.75) is 19.9 Å². The molecule has 3 aromatic rings. The molecule has 0 bridgehead atoms. The molecule has 0 aliphatic rings. The van der Waals surface area contributed by atoms with E-state index in [1.165, 1.54) is 16.7 Å². The Morgan fingerprint density at radius 3 is 2.42 bits per heavy atom. The summed E-state index contributed by atoms with van der Waals surface area (Å²) in [6, 6.07) is 18.5. The third-order valence-corrected chi connectivity index (χ3v) is 4.12. The molecule has 2 aromatic carbocycles. The van der Waals surface area contributed by atoms with E-state index in [9.17, 15) is 0 Å². The van der Waals surface area contributed by atoms with E-state index in [0.29, 0.717) is 0 Å². The molecule has 3 rings (SSSR count). The van der Waals surface area contributed by atoms with Gasteiger partial charge < -0.3 is 15.4 Å². The van der Waals surface area contributed by atoms with Gasteiger partial charge in [0.2, 0.25) is 0 Å². The zero-order valence-corrected chi connectivity index (χ0v) is 15.2. The molecule has 0 amide bonds. The maximum absolute atomic E-state index is 5.26. The third kappa shape index (κ3) is 5.21. The molecule has 1 heterocycles. The molecular weight excluding hydrogens is 324 g/mol. The fourth-order valence-electron chi connectivity index (χ4n) is 2.61. The van der Waals surface area contributed by atoms with Crippen molar-refractivity contribution in [3.8, 4) is 5.75 Å². The minimum Gasteiger partial charge on any atom is -0.497 e. The summed E-state index contributed by atoms with van der Waals surface area (Å²) >= 11 is 0. The number of methoxy groups -OCH3 is 1. The number of aromatic nitrogens is 2. The van der Waals surface area contributed by atoms with Crippen LogP contribution in [0.25, 0.3) is 0 Å². The van der Waals surface area contributed by atoms with Crippen LogP contribution in [0.2, 0.25) is 0 Å². The van der Waals surface area contributed by atoms with Crippen LogP contribution in [0, 0.1) is 6.92 Å². The van der Waals surface area contributed by atoms with Crippen LogP contribution in [-0.2, 0) is 13.0 Å². The lowest BCUT2D eigenvalue weighted by Crippen LogP contribution is -2.08. The van der Waals surface area contributed by atoms with Crippen LogP contribution in [0.5, 0.6) is 5.75 Å². The molecule has 0 unspecified atom stereocenters. The van der Waals surface area contributed by atoms with E-state index in [1.54, 1.807) is 13.4 Å². The quantitative estimate of drug-likeness (QED) is 0.643. The van der Waals surface area contributed by atoms with Crippen molar-refractivity contribution in [3.05, 3.63) is 77.6 Å². The fourth-order valence-corrected chi connectivity index (χ4v) is 2.61. The van der Waals surface area contributed by atoms with Crippen molar-refractivity contribution >= 4 is 11.6 Å². The zero-order chi connectivity index (χ0) is 18.2. The van der Waals surface area contributed by atoms with Gasteiger partial charge in [-0.3, -0.25) is 0 Å². The number of anilines is 2. The molecule has 5 nitrogen and oxygen atoms in total. The molecule has 2 N–H and O–H groups in total. The maximum Gasteiger partial charge on any atom is 0.131 e. The van der Waals surface area contributed by atoms with Crippen molar-refractivity contribution in [1.29, 1.82) is 0 Å². The zero-order valence-electron chi connectivity index (χ0n) is 15.2. The van der Waals surface area contributed by atoms with Crippen molar-refractivity contribution < 1.29 is 4.74 Å². The van der Waals surface area contributed by atoms with E-state index in [0.717, 1.165) is 36.9 Å². The van der Waals surface area contributed by atoms with Gasteiger partial charge in [-0.05, 0) is 36.6 Å². The molecule has 0 saturated heterocycles. The van der Waals surface area contributed by atoms with Crippen molar-refractivity contribution in [3.63, 3.8) is 0 Å². The minimum atomic E-state index is 0.737. The molecule has 1 aromatic heterocycles. The second kappa shape index (κ2) is 8.85. The largest absolute Gasteiger partial charge is 0.497 e. The third-order valence-electron chi connectivity index (χ3n) is 4.12. The SMILES string of the molecule is COc1cccc(CCNc2cc(NCc3ccc(C)cc3)ncn2)c1. The van der Waals surface area contributed by atoms with Gasteiger partial charge in [-0.2, -0.15) is 0 Å². The molecule has 0 aliphatic carbocycles. The van der Waals surface area contributed by atoms with Crippen molar-refractivity contribution in [1.82, 2.24) is 9.97 Å². The summed E-state index contributed by atoms with van der Waals surface area (Å²) in [5, 5.41) is 6.68. The molecule has 0 aliphatic heterocycles. The first-order valence-corrected chi connectivity index (χ1v) is 8.71. The van der Waals surface area contributed by atoms with Gasteiger partial charge in [0.15, 0.2) is 0 Å². The number of rotatable bonds is 8. The molecule has 0 saturated carbocycles. The maximum atomic E-state index is 5.26. The Morgan fingerprint density at radius 1 is 0.885 bits per heavy atom. The highest BCUT2D eigenvalue weighted by Gasteiger charge is 2.01. The van der Waals surface area contributed by atoms with Gasteiger partial charge in [-0.15, -0.1) is 0 Å². The normalized spacial score (nSPS) is 10.4. The van der Waals surface area contributed by atoms with Gasteiger partial charge in [0, 0.05) is 19.2 Å². The minimum absolute atomic E-state index is 0.737. The van der Waals surface area contributed by atoms with E-state index >= 15 is 0 Å². The molecule has 134 valence electrons. The highest BCUT2D eigenvalue weighted by molar-refractivity contribution is 5.47. The summed E-state index contributed by atoms with van der Waals surface area (Å²) < 4.78 is 5.26. The average molecular weight is 348 g/mol. The Bertz CT molecular complexity index is 833. The second-order valence-corrected chi connectivity index (χ2v) is 6.16. The Kier molecular flexibility index (Phi) is 6.04. The summed E-state index contributed by atoms with van der Waals surface area (Å²) in [6.45, 7) is 3.62. The average Bonchev–Trinajstić information content (AvgIpc) is 2.68. The van der Waals surface area contributed by atoms with Gasteiger partial charge in [0.1, 0.15) is 23.7 Å². The van der Waals surface area contributed by atoms with Crippen LogP contribution in [0.1, 0.15) is 16.7 Å². The standard InChI is InChI=1S/C21H24N4O/c1-16-6-8-18(9-7-16)14-23-21-13-20(24-15-25-21)22-11-10-17-4-3-5-19(12-17)26-2/h3-9,12-13,15H,10-11,14H2,1-2H3,(H2,22,23,24,25). The fraction of sp³-hybridized carbons (Fsp3) is 0.238. The molecular formula is C21H24N4O. The van der Waals surface area contributed by atoms with E-state index in [1.807, 2.05) is 18.2 Å². The monoisotopic (exact) mass is 348 g/mol. The number of nitrogens with one attached hydrogen (secondary N) is 2.